The SMILES string of the molecule is CN1CCCC1C(=O)N(C=O)c1cc2c(cc1F)OC1(CC1)C(=O)N2CC1CC1. The van der Waals surface area contributed by atoms with Crippen molar-refractivity contribution in [3.05, 3.63) is 17.9 Å². The molecular weight excluding hydrogens is 377 g/mol. The average molecular weight is 401 g/mol. The zero-order chi connectivity index (χ0) is 20.3. The zero-order valence-electron chi connectivity index (χ0n) is 16.4. The number of imide groups is 1. The first-order valence-electron chi connectivity index (χ1n) is 10.3. The van der Waals surface area contributed by atoms with Gasteiger partial charge in [-0.25, -0.2) is 9.29 Å². The van der Waals surface area contributed by atoms with E-state index in [4.69, 9.17) is 4.74 Å². The van der Waals surface area contributed by atoms with Crippen molar-refractivity contribution in [1.82, 2.24) is 4.90 Å². The minimum absolute atomic E-state index is 0.103. The number of carbonyl (C=O) groups excluding carboxylic acids is 3. The molecule has 1 aromatic carbocycles. The van der Waals surface area contributed by atoms with E-state index in [9.17, 15) is 18.8 Å². The van der Waals surface area contributed by atoms with Crippen LogP contribution in [0.3, 0.4) is 0 Å². The minimum atomic E-state index is -0.859. The number of likely N-dealkylation sites (tertiary alicyclic amines) is 1. The molecule has 1 atom stereocenters. The second-order valence-corrected chi connectivity index (χ2v) is 8.68. The Hall–Kier alpha value is -2.48. The van der Waals surface area contributed by atoms with Gasteiger partial charge in [0.05, 0.1) is 17.4 Å². The van der Waals surface area contributed by atoms with Crippen LogP contribution in [0.4, 0.5) is 15.8 Å². The molecule has 154 valence electrons. The maximum atomic E-state index is 15.0. The van der Waals surface area contributed by atoms with Crippen LogP contribution in [0.15, 0.2) is 12.1 Å². The molecule has 2 heterocycles. The summed E-state index contributed by atoms with van der Waals surface area (Å²) in [6.45, 7) is 1.32. The van der Waals surface area contributed by atoms with Crippen LogP contribution in [0.5, 0.6) is 5.75 Å². The number of anilines is 2. The number of halogens is 1. The Balaban J connectivity index is 1.53. The summed E-state index contributed by atoms with van der Waals surface area (Å²) < 4.78 is 20.9. The summed E-state index contributed by atoms with van der Waals surface area (Å²) in [6.07, 6.45) is 5.22. The molecule has 3 amide bonds. The Bertz CT molecular complexity index is 896. The first kappa shape index (κ1) is 18.5. The predicted molar refractivity (Wildman–Crippen MR) is 103 cm³/mol. The Morgan fingerprint density at radius 2 is 2.10 bits per heavy atom. The third-order valence-corrected chi connectivity index (χ3v) is 6.51. The quantitative estimate of drug-likeness (QED) is 0.707. The summed E-state index contributed by atoms with van der Waals surface area (Å²) >= 11 is 0. The highest BCUT2D eigenvalue weighted by molar-refractivity contribution is 6.11. The molecule has 0 bridgehead atoms. The third kappa shape index (κ3) is 3.01. The molecule has 7 nitrogen and oxygen atoms in total. The van der Waals surface area contributed by atoms with Gasteiger partial charge < -0.3 is 9.64 Å². The standard InChI is InChI=1S/C21H24FN3O4/c1-23-8-2-3-15(23)19(27)25(12-26)16-10-17-18(9-14(16)22)29-21(6-7-21)20(28)24(17)11-13-4-5-13/h9-10,12-13,15H,2-8,11H2,1H3. The maximum absolute atomic E-state index is 15.0. The van der Waals surface area contributed by atoms with Gasteiger partial charge in [0.2, 0.25) is 6.41 Å². The average Bonchev–Trinajstić information content (AvgIpc) is 3.61. The molecule has 2 aliphatic carbocycles. The van der Waals surface area contributed by atoms with E-state index in [1.54, 1.807) is 4.90 Å². The van der Waals surface area contributed by atoms with E-state index >= 15 is 0 Å². The van der Waals surface area contributed by atoms with Gasteiger partial charge in [-0.1, -0.05) is 0 Å². The molecule has 1 spiro atoms. The number of hydrogen-bond donors (Lipinski definition) is 0. The molecule has 5 rings (SSSR count). The van der Waals surface area contributed by atoms with Crippen LogP contribution in [0.1, 0.15) is 38.5 Å². The van der Waals surface area contributed by atoms with Crippen LogP contribution in [-0.4, -0.2) is 54.9 Å². The molecule has 0 N–H and O–H groups in total. The van der Waals surface area contributed by atoms with E-state index in [0.29, 0.717) is 49.6 Å². The normalized spacial score (nSPS) is 25.0. The Morgan fingerprint density at radius 1 is 1.34 bits per heavy atom. The highest BCUT2D eigenvalue weighted by atomic mass is 19.1. The molecule has 4 aliphatic rings. The fourth-order valence-corrected chi connectivity index (χ4v) is 4.40. The molecule has 0 aromatic heterocycles. The van der Waals surface area contributed by atoms with Gasteiger partial charge in [0.1, 0.15) is 5.75 Å². The van der Waals surface area contributed by atoms with Crippen molar-refractivity contribution in [1.29, 1.82) is 0 Å². The largest absolute Gasteiger partial charge is 0.475 e. The number of benzene rings is 1. The number of carbonyl (C=O) groups is 3. The maximum Gasteiger partial charge on any atom is 0.271 e. The molecule has 1 saturated heterocycles. The van der Waals surface area contributed by atoms with Crippen molar-refractivity contribution in [3.63, 3.8) is 0 Å². The van der Waals surface area contributed by atoms with Crippen molar-refractivity contribution >= 4 is 29.6 Å². The molecule has 8 heteroatoms. The molecule has 1 aromatic rings. The first-order valence-corrected chi connectivity index (χ1v) is 10.3. The number of likely N-dealkylation sites (N-methyl/N-ethyl adjacent to an activating group) is 1. The van der Waals surface area contributed by atoms with Crippen LogP contribution in [0.2, 0.25) is 0 Å². The Labute approximate surface area is 168 Å². The van der Waals surface area contributed by atoms with Crippen molar-refractivity contribution in [2.75, 3.05) is 29.9 Å². The highest BCUT2D eigenvalue weighted by Gasteiger charge is 2.58. The van der Waals surface area contributed by atoms with Gasteiger partial charge in [-0.2, -0.15) is 0 Å². The number of amides is 3. The van der Waals surface area contributed by atoms with Gasteiger partial charge in [0.25, 0.3) is 11.8 Å². The molecule has 3 fully saturated rings. The monoisotopic (exact) mass is 401 g/mol. The lowest BCUT2D eigenvalue weighted by molar-refractivity contribution is -0.128. The topological polar surface area (TPSA) is 70.2 Å². The summed E-state index contributed by atoms with van der Waals surface area (Å²) in [5, 5.41) is 0. The van der Waals surface area contributed by atoms with E-state index in [-0.39, 0.29) is 11.6 Å². The molecule has 2 saturated carbocycles. The highest BCUT2D eigenvalue weighted by Crippen LogP contribution is 2.51. The summed E-state index contributed by atoms with van der Waals surface area (Å²) in [5.41, 5.74) is -0.550. The van der Waals surface area contributed by atoms with E-state index < -0.39 is 23.4 Å². The summed E-state index contributed by atoms with van der Waals surface area (Å²) in [5.74, 6) is -0.518. The predicted octanol–water partition coefficient (Wildman–Crippen LogP) is 2.08. The number of ether oxygens (including phenoxy) is 1. The molecule has 1 unspecified atom stereocenters. The fourth-order valence-electron chi connectivity index (χ4n) is 4.40. The lowest BCUT2D eigenvalue weighted by Crippen LogP contribution is -2.49. The Kier molecular flexibility index (Phi) is 4.17. The first-order chi connectivity index (χ1) is 13.9. The van der Waals surface area contributed by atoms with Gasteiger partial charge in [0.15, 0.2) is 11.4 Å². The van der Waals surface area contributed by atoms with Crippen molar-refractivity contribution in [3.8, 4) is 5.75 Å². The molecule has 0 radical (unpaired) electrons. The van der Waals surface area contributed by atoms with Gasteiger partial charge >= 0.3 is 0 Å². The van der Waals surface area contributed by atoms with E-state index in [2.05, 4.69) is 0 Å². The van der Waals surface area contributed by atoms with E-state index in [1.165, 1.54) is 12.1 Å². The van der Waals surface area contributed by atoms with Gasteiger partial charge in [-0.3, -0.25) is 19.3 Å². The molecule has 2 aliphatic heterocycles. The van der Waals surface area contributed by atoms with Crippen molar-refractivity contribution in [2.24, 2.45) is 5.92 Å². The van der Waals surface area contributed by atoms with Gasteiger partial charge in [-0.15, -0.1) is 0 Å². The summed E-state index contributed by atoms with van der Waals surface area (Å²) in [6, 6.07) is 2.17. The van der Waals surface area contributed by atoms with Crippen LogP contribution >= 0.6 is 0 Å². The lowest BCUT2D eigenvalue weighted by Gasteiger charge is -2.36. The van der Waals surface area contributed by atoms with Gasteiger partial charge in [-0.05, 0) is 51.3 Å². The summed E-state index contributed by atoms with van der Waals surface area (Å²) in [4.78, 5) is 42.1. The number of fused-ring (bicyclic) bond motifs is 1. The number of hydrogen-bond acceptors (Lipinski definition) is 5. The molecular formula is C21H24FN3O4. The van der Waals surface area contributed by atoms with Crippen LogP contribution in [-0.2, 0) is 14.4 Å². The number of nitrogens with zero attached hydrogens (tertiary/aromatic N) is 3. The van der Waals surface area contributed by atoms with Crippen molar-refractivity contribution < 1.29 is 23.5 Å². The van der Waals surface area contributed by atoms with E-state index in [1.807, 2.05) is 11.9 Å². The fraction of sp³-hybridized carbons (Fsp3) is 0.571. The van der Waals surface area contributed by atoms with Crippen LogP contribution in [0.25, 0.3) is 0 Å². The molecule has 29 heavy (non-hydrogen) atoms. The summed E-state index contributed by atoms with van der Waals surface area (Å²) in [7, 11) is 1.82. The number of rotatable bonds is 5. The lowest BCUT2D eigenvalue weighted by atomic mass is 10.1. The zero-order valence-corrected chi connectivity index (χ0v) is 16.4. The third-order valence-electron chi connectivity index (χ3n) is 6.51. The van der Waals surface area contributed by atoms with Crippen LogP contribution in [0, 0.1) is 11.7 Å². The smallest absolute Gasteiger partial charge is 0.271 e. The van der Waals surface area contributed by atoms with Gasteiger partial charge in [0, 0.05) is 25.5 Å². The van der Waals surface area contributed by atoms with E-state index in [0.717, 1.165) is 30.7 Å². The second kappa shape index (κ2) is 6.52. The second-order valence-electron chi connectivity index (χ2n) is 8.68. The minimum Gasteiger partial charge on any atom is -0.475 e. The van der Waals surface area contributed by atoms with Crippen molar-refractivity contribution in [2.45, 2.75) is 50.2 Å². The Morgan fingerprint density at radius 3 is 2.69 bits per heavy atom. The van der Waals surface area contributed by atoms with Crippen LogP contribution < -0.4 is 14.5 Å².